The van der Waals surface area contributed by atoms with Gasteiger partial charge in [0.15, 0.2) is 0 Å². The predicted octanol–water partition coefficient (Wildman–Crippen LogP) is -0.964. The van der Waals surface area contributed by atoms with Gasteiger partial charge in [0.05, 0.1) is 19.2 Å². The first-order valence-electron chi connectivity index (χ1n) is 6.28. The molecule has 1 atom stereocenters. The Bertz CT molecular complexity index is 303. The maximum Gasteiger partial charge on any atom is 0.239 e. The Morgan fingerprint density at radius 3 is 2.44 bits per heavy atom. The van der Waals surface area contributed by atoms with Gasteiger partial charge in [0.1, 0.15) is 0 Å². The summed E-state index contributed by atoms with van der Waals surface area (Å²) >= 11 is 0. The maximum atomic E-state index is 11.8. The summed E-state index contributed by atoms with van der Waals surface area (Å²) in [5.41, 5.74) is 0. The van der Waals surface area contributed by atoms with Crippen LogP contribution in [0.4, 0.5) is 0 Å². The van der Waals surface area contributed by atoms with Gasteiger partial charge >= 0.3 is 0 Å². The summed E-state index contributed by atoms with van der Waals surface area (Å²) in [5.74, 6) is -0.226. The normalized spacial score (nSPS) is 16.5. The van der Waals surface area contributed by atoms with Crippen molar-refractivity contribution in [3.8, 4) is 0 Å². The van der Waals surface area contributed by atoms with Crippen LogP contribution >= 0.6 is 0 Å². The van der Waals surface area contributed by atoms with E-state index in [1.807, 2.05) is 0 Å². The fourth-order valence-electron chi connectivity index (χ4n) is 1.67. The monoisotopic (exact) mass is 257 g/mol. The molecular formula is C12H23N3O3. The molecule has 6 heteroatoms. The number of nitrogens with zero attached hydrogens (tertiary/aromatic N) is 2. The van der Waals surface area contributed by atoms with Gasteiger partial charge in [-0.25, -0.2) is 0 Å². The molecule has 0 aromatic rings. The molecule has 1 aliphatic carbocycles. The molecule has 0 spiro atoms. The van der Waals surface area contributed by atoms with Crippen molar-refractivity contribution in [1.29, 1.82) is 0 Å². The van der Waals surface area contributed by atoms with Crippen LogP contribution in [0.15, 0.2) is 0 Å². The Hall–Kier alpha value is -1.14. The van der Waals surface area contributed by atoms with Gasteiger partial charge in [-0.15, -0.1) is 0 Å². The largest absolute Gasteiger partial charge is 0.392 e. The van der Waals surface area contributed by atoms with E-state index in [4.69, 9.17) is 0 Å². The number of amides is 2. The second-order valence-electron chi connectivity index (χ2n) is 5.14. The van der Waals surface area contributed by atoms with Crippen molar-refractivity contribution in [2.24, 2.45) is 0 Å². The summed E-state index contributed by atoms with van der Waals surface area (Å²) < 4.78 is 0. The Kier molecular flexibility index (Phi) is 5.55. The van der Waals surface area contributed by atoms with Crippen LogP contribution in [0.2, 0.25) is 0 Å². The van der Waals surface area contributed by atoms with Crippen LogP contribution in [0.25, 0.3) is 0 Å². The SMILES string of the molecule is CC(O)CN(C)CC(=O)N(C)CC(=O)NC1CC1. The number of carbonyl (C=O) groups is 2. The van der Waals surface area contributed by atoms with E-state index >= 15 is 0 Å². The molecule has 1 rings (SSSR count). The van der Waals surface area contributed by atoms with Crippen molar-refractivity contribution >= 4 is 11.8 Å². The molecule has 104 valence electrons. The lowest BCUT2D eigenvalue weighted by molar-refractivity contribution is -0.135. The smallest absolute Gasteiger partial charge is 0.239 e. The maximum absolute atomic E-state index is 11.8. The Morgan fingerprint density at radius 2 is 1.94 bits per heavy atom. The number of likely N-dealkylation sites (N-methyl/N-ethyl adjacent to an activating group) is 2. The molecule has 1 saturated carbocycles. The van der Waals surface area contributed by atoms with Gasteiger partial charge in [-0.1, -0.05) is 0 Å². The Labute approximate surface area is 108 Å². The molecule has 18 heavy (non-hydrogen) atoms. The highest BCUT2D eigenvalue weighted by Gasteiger charge is 2.24. The number of hydrogen-bond acceptors (Lipinski definition) is 4. The molecule has 0 aromatic heterocycles. The number of hydrogen-bond donors (Lipinski definition) is 2. The van der Waals surface area contributed by atoms with E-state index in [9.17, 15) is 14.7 Å². The van der Waals surface area contributed by atoms with Gasteiger partial charge < -0.3 is 15.3 Å². The molecule has 1 unspecified atom stereocenters. The van der Waals surface area contributed by atoms with Crippen LogP contribution < -0.4 is 5.32 Å². The topological polar surface area (TPSA) is 72.9 Å². The quantitative estimate of drug-likeness (QED) is 0.616. The summed E-state index contributed by atoms with van der Waals surface area (Å²) in [6.07, 6.45) is 1.62. The number of aliphatic hydroxyl groups is 1. The third-order valence-electron chi connectivity index (χ3n) is 2.73. The average molecular weight is 257 g/mol. The van der Waals surface area contributed by atoms with Crippen LogP contribution in [0.3, 0.4) is 0 Å². The van der Waals surface area contributed by atoms with Gasteiger partial charge in [0.25, 0.3) is 0 Å². The molecule has 1 fully saturated rings. The zero-order valence-corrected chi connectivity index (χ0v) is 11.3. The Balaban J connectivity index is 2.24. The Morgan fingerprint density at radius 1 is 1.33 bits per heavy atom. The average Bonchev–Trinajstić information content (AvgIpc) is 2.99. The van der Waals surface area contributed by atoms with Crippen molar-refractivity contribution in [1.82, 2.24) is 15.1 Å². The minimum atomic E-state index is -0.466. The van der Waals surface area contributed by atoms with Gasteiger partial charge in [-0.05, 0) is 26.8 Å². The van der Waals surface area contributed by atoms with E-state index in [0.717, 1.165) is 12.8 Å². The highest BCUT2D eigenvalue weighted by Crippen LogP contribution is 2.18. The van der Waals surface area contributed by atoms with E-state index in [0.29, 0.717) is 12.6 Å². The predicted molar refractivity (Wildman–Crippen MR) is 68.0 cm³/mol. The minimum absolute atomic E-state index is 0.0951. The lowest BCUT2D eigenvalue weighted by Gasteiger charge is -2.22. The molecule has 0 bridgehead atoms. The molecule has 0 aliphatic heterocycles. The lowest BCUT2D eigenvalue weighted by atomic mass is 10.3. The van der Waals surface area contributed by atoms with Gasteiger partial charge in [0.2, 0.25) is 11.8 Å². The summed E-state index contributed by atoms with van der Waals surface area (Å²) in [7, 11) is 3.38. The van der Waals surface area contributed by atoms with Crippen LogP contribution in [0, 0.1) is 0 Å². The number of nitrogens with one attached hydrogen (secondary N) is 1. The van der Waals surface area contributed by atoms with Crippen molar-refractivity contribution in [2.75, 3.05) is 33.7 Å². The first-order valence-corrected chi connectivity index (χ1v) is 6.28. The minimum Gasteiger partial charge on any atom is -0.392 e. The fourth-order valence-corrected chi connectivity index (χ4v) is 1.67. The summed E-state index contributed by atoms with van der Waals surface area (Å²) in [4.78, 5) is 26.5. The second-order valence-corrected chi connectivity index (χ2v) is 5.14. The van der Waals surface area contributed by atoms with Crippen molar-refractivity contribution in [3.63, 3.8) is 0 Å². The zero-order valence-electron chi connectivity index (χ0n) is 11.3. The van der Waals surface area contributed by atoms with Gasteiger partial charge in [-0.2, -0.15) is 0 Å². The standard InChI is InChI=1S/C12H23N3O3/c1-9(16)6-14(2)8-12(18)15(3)7-11(17)13-10-4-5-10/h9-10,16H,4-8H2,1-3H3,(H,13,17). The molecular weight excluding hydrogens is 234 g/mol. The van der Waals surface area contributed by atoms with Crippen LogP contribution in [0.5, 0.6) is 0 Å². The number of carbonyl (C=O) groups excluding carboxylic acids is 2. The molecule has 2 N–H and O–H groups in total. The first kappa shape index (κ1) is 14.9. The summed E-state index contributed by atoms with van der Waals surface area (Å²) in [5, 5.41) is 12.0. The van der Waals surface area contributed by atoms with Crippen LogP contribution in [0.1, 0.15) is 19.8 Å². The van der Waals surface area contributed by atoms with Crippen LogP contribution in [-0.4, -0.2) is 72.6 Å². The highest BCUT2D eigenvalue weighted by molar-refractivity contribution is 5.85. The molecule has 6 nitrogen and oxygen atoms in total. The molecule has 0 heterocycles. The molecule has 0 radical (unpaired) electrons. The first-order chi connectivity index (χ1) is 8.38. The zero-order chi connectivity index (χ0) is 13.7. The van der Waals surface area contributed by atoms with E-state index in [2.05, 4.69) is 5.32 Å². The molecule has 0 aromatic carbocycles. The summed E-state index contributed by atoms with van der Waals surface area (Å²) in [6.45, 7) is 2.41. The fraction of sp³-hybridized carbons (Fsp3) is 0.833. The third kappa shape index (κ3) is 5.97. The third-order valence-corrected chi connectivity index (χ3v) is 2.73. The highest BCUT2D eigenvalue weighted by atomic mass is 16.3. The van der Waals surface area contributed by atoms with E-state index < -0.39 is 6.10 Å². The molecule has 1 aliphatic rings. The van der Waals surface area contributed by atoms with Gasteiger partial charge in [0, 0.05) is 19.6 Å². The molecule has 0 saturated heterocycles. The van der Waals surface area contributed by atoms with Crippen molar-refractivity contribution in [2.45, 2.75) is 31.9 Å². The van der Waals surface area contributed by atoms with Crippen LogP contribution in [-0.2, 0) is 9.59 Å². The number of rotatable bonds is 7. The van der Waals surface area contributed by atoms with Gasteiger partial charge in [-0.3, -0.25) is 14.5 Å². The van der Waals surface area contributed by atoms with Crippen molar-refractivity contribution < 1.29 is 14.7 Å². The van der Waals surface area contributed by atoms with E-state index in [1.54, 1.807) is 25.9 Å². The number of aliphatic hydroxyl groups excluding tert-OH is 1. The molecule has 2 amide bonds. The van der Waals surface area contributed by atoms with E-state index in [1.165, 1.54) is 4.90 Å². The van der Waals surface area contributed by atoms with E-state index in [-0.39, 0.29) is 24.9 Å². The lowest BCUT2D eigenvalue weighted by Crippen LogP contribution is -2.43. The summed E-state index contributed by atoms with van der Waals surface area (Å²) in [6, 6.07) is 0.318. The van der Waals surface area contributed by atoms with Crippen molar-refractivity contribution in [3.05, 3.63) is 0 Å². The second kappa shape index (κ2) is 6.70.